The summed E-state index contributed by atoms with van der Waals surface area (Å²) in [5, 5.41) is 2.67. The van der Waals surface area contributed by atoms with Crippen LogP contribution in [0.25, 0.3) is 0 Å². The number of amides is 1. The highest BCUT2D eigenvalue weighted by Gasteiger charge is 2.21. The molecule has 7 heteroatoms. The number of unbranched alkanes of at least 4 members (excludes halogenated alkanes) is 1. The molecule has 0 spiro atoms. The Balaban J connectivity index is 1.52. The Labute approximate surface area is 146 Å². The van der Waals surface area contributed by atoms with Crippen LogP contribution >= 0.6 is 0 Å². The van der Waals surface area contributed by atoms with Crippen LogP contribution in [0.3, 0.4) is 0 Å². The quantitative estimate of drug-likeness (QED) is 0.744. The van der Waals surface area contributed by atoms with Crippen molar-refractivity contribution >= 4 is 21.6 Å². The minimum absolute atomic E-state index is 0.134. The zero-order valence-corrected chi connectivity index (χ0v) is 14.4. The maximum atomic E-state index is 13.5. The maximum absolute atomic E-state index is 13.5. The van der Waals surface area contributed by atoms with Crippen LogP contribution in [0.5, 0.6) is 0 Å². The number of hydrogen-bond acceptors (Lipinski definition) is 3. The van der Waals surface area contributed by atoms with Crippen LogP contribution in [0.15, 0.2) is 47.4 Å². The van der Waals surface area contributed by atoms with Crippen LogP contribution in [0.2, 0.25) is 0 Å². The topological polar surface area (TPSA) is 75.3 Å². The van der Waals surface area contributed by atoms with E-state index in [4.69, 9.17) is 0 Å². The molecule has 5 nitrogen and oxygen atoms in total. The van der Waals surface area contributed by atoms with Gasteiger partial charge in [-0.3, -0.25) is 4.79 Å². The zero-order chi connectivity index (χ0) is 17.9. The van der Waals surface area contributed by atoms with Crippen molar-refractivity contribution in [2.75, 3.05) is 11.9 Å². The Morgan fingerprint density at radius 3 is 2.72 bits per heavy atom. The molecule has 1 amide bonds. The molecular weight excluding hydrogens is 343 g/mol. The van der Waals surface area contributed by atoms with E-state index in [0.29, 0.717) is 36.1 Å². The van der Waals surface area contributed by atoms with Gasteiger partial charge in [0, 0.05) is 12.2 Å². The number of hydrogen-bond donors (Lipinski definition) is 2. The third-order valence-corrected chi connectivity index (χ3v) is 5.59. The standard InChI is InChI=1S/C18H19FN2O3S/c19-16-7-2-1-5-13(16)6-3-4-10-20-25(23,24)15-8-9-17-14(11-15)12-18(22)21-17/h1-2,5,7-9,11,20H,3-4,6,10,12H2,(H,21,22). The molecule has 1 heterocycles. The SMILES string of the molecule is O=C1Cc2cc(S(=O)(=O)NCCCCc3ccccc3F)ccc2N1. The normalized spacial score (nSPS) is 13.6. The number of sulfonamides is 1. The molecule has 0 bridgehead atoms. The zero-order valence-electron chi connectivity index (χ0n) is 13.6. The van der Waals surface area contributed by atoms with Crippen molar-refractivity contribution in [2.24, 2.45) is 0 Å². The number of anilines is 1. The monoisotopic (exact) mass is 362 g/mol. The van der Waals surface area contributed by atoms with Crippen LogP contribution in [-0.2, 0) is 27.7 Å². The Morgan fingerprint density at radius 2 is 1.92 bits per heavy atom. The highest BCUT2D eigenvalue weighted by atomic mass is 32.2. The predicted octanol–water partition coefficient (Wildman–Crippen LogP) is 2.62. The van der Waals surface area contributed by atoms with Crippen molar-refractivity contribution in [2.45, 2.75) is 30.6 Å². The summed E-state index contributed by atoms with van der Waals surface area (Å²) in [7, 11) is -3.62. The summed E-state index contributed by atoms with van der Waals surface area (Å²) in [5.74, 6) is -0.366. The summed E-state index contributed by atoms with van der Waals surface area (Å²) in [6.07, 6.45) is 2.06. The van der Waals surface area contributed by atoms with Gasteiger partial charge in [0.2, 0.25) is 15.9 Å². The second-order valence-corrected chi connectivity index (χ2v) is 7.76. The van der Waals surface area contributed by atoms with Gasteiger partial charge in [0.15, 0.2) is 0 Å². The van der Waals surface area contributed by atoms with E-state index in [1.54, 1.807) is 24.3 Å². The van der Waals surface area contributed by atoms with Gasteiger partial charge in [-0.2, -0.15) is 0 Å². The van der Waals surface area contributed by atoms with Gasteiger partial charge in [0.1, 0.15) is 5.82 Å². The Hall–Kier alpha value is -2.25. The number of halogens is 1. The second-order valence-electron chi connectivity index (χ2n) is 5.99. The van der Waals surface area contributed by atoms with E-state index >= 15 is 0 Å². The average molecular weight is 362 g/mol. The van der Waals surface area contributed by atoms with Gasteiger partial charge < -0.3 is 5.32 Å². The van der Waals surface area contributed by atoms with Gasteiger partial charge in [0.05, 0.1) is 11.3 Å². The van der Waals surface area contributed by atoms with Crippen molar-refractivity contribution in [3.63, 3.8) is 0 Å². The highest BCUT2D eigenvalue weighted by molar-refractivity contribution is 7.89. The number of aryl methyl sites for hydroxylation is 1. The van der Waals surface area contributed by atoms with E-state index in [0.717, 1.165) is 0 Å². The molecule has 0 aliphatic carbocycles. The first-order valence-electron chi connectivity index (χ1n) is 8.11. The molecule has 0 saturated carbocycles. The van der Waals surface area contributed by atoms with Gasteiger partial charge in [-0.05, 0) is 54.7 Å². The van der Waals surface area contributed by atoms with Crippen LogP contribution in [-0.4, -0.2) is 20.9 Å². The van der Waals surface area contributed by atoms with E-state index in [9.17, 15) is 17.6 Å². The third kappa shape index (κ3) is 4.24. The van der Waals surface area contributed by atoms with Crippen LogP contribution in [0.1, 0.15) is 24.0 Å². The lowest BCUT2D eigenvalue weighted by Crippen LogP contribution is -2.25. The number of benzene rings is 2. The molecule has 2 N–H and O–H groups in total. The molecule has 3 rings (SSSR count). The summed E-state index contributed by atoms with van der Waals surface area (Å²) in [6, 6.07) is 11.2. The van der Waals surface area contributed by atoms with Gasteiger partial charge in [0.25, 0.3) is 0 Å². The van der Waals surface area contributed by atoms with Crippen LogP contribution < -0.4 is 10.0 Å². The lowest BCUT2D eigenvalue weighted by molar-refractivity contribution is -0.115. The van der Waals surface area contributed by atoms with Crippen LogP contribution in [0.4, 0.5) is 10.1 Å². The molecule has 1 aliphatic heterocycles. The maximum Gasteiger partial charge on any atom is 0.240 e. The fourth-order valence-electron chi connectivity index (χ4n) is 2.80. The summed E-state index contributed by atoms with van der Waals surface area (Å²) >= 11 is 0. The summed E-state index contributed by atoms with van der Waals surface area (Å²) < 4.78 is 40.7. The van der Waals surface area contributed by atoms with Gasteiger partial charge in [-0.1, -0.05) is 18.2 Å². The molecule has 0 aromatic heterocycles. The van der Waals surface area contributed by atoms with E-state index in [2.05, 4.69) is 10.0 Å². The van der Waals surface area contributed by atoms with Crippen molar-refractivity contribution in [1.29, 1.82) is 0 Å². The molecule has 25 heavy (non-hydrogen) atoms. The first-order chi connectivity index (χ1) is 12.0. The number of carbonyl (C=O) groups is 1. The molecule has 2 aromatic rings. The minimum Gasteiger partial charge on any atom is -0.326 e. The fraction of sp³-hybridized carbons (Fsp3) is 0.278. The molecule has 1 aliphatic rings. The Morgan fingerprint density at radius 1 is 1.12 bits per heavy atom. The molecule has 0 atom stereocenters. The molecular formula is C18H19FN2O3S. The Bertz CT molecular complexity index is 897. The smallest absolute Gasteiger partial charge is 0.240 e. The molecule has 0 saturated heterocycles. The molecule has 132 valence electrons. The molecule has 2 aromatic carbocycles. The predicted molar refractivity (Wildman–Crippen MR) is 93.3 cm³/mol. The first-order valence-corrected chi connectivity index (χ1v) is 9.60. The van der Waals surface area contributed by atoms with E-state index in [-0.39, 0.29) is 29.6 Å². The number of fused-ring (bicyclic) bond motifs is 1. The van der Waals surface area contributed by atoms with Crippen molar-refractivity contribution in [1.82, 2.24) is 4.72 Å². The largest absolute Gasteiger partial charge is 0.326 e. The minimum atomic E-state index is -3.62. The first kappa shape index (κ1) is 17.6. The van der Waals surface area contributed by atoms with Gasteiger partial charge in [-0.15, -0.1) is 0 Å². The van der Waals surface area contributed by atoms with Crippen LogP contribution in [0, 0.1) is 5.82 Å². The average Bonchev–Trinajstić information content (AvgIpc) is 2.95. The van der Waals surface area contributed by atoms with Gasteiger partial charge in [-0.25, -0.2) is 17.5 Å². The lowest BCUT2D eigenvalue weighted by Gasteiger charge is -2.08. The Kier molecular flexibility index (Phi) is 5.15. The summed E-state index contributed by atoms with van der Waals surface area (Å²) in [4.78, 5) is 11.5. The van der Waals surface area contributed by atoms with Crippen molar-refractivity contribution in [3.8, 4) is 0 Å². The molecule has 0 unspecified atom stereocenters. The summed E-state index contributed by atoms with van der Waals surface area (Å²) in [6.45, 7) is 0.283. The fourth-order valence-corrected chi connectivity index (χ4v) is 3.93. The third-order valence-electron chi connectivity index (χ3n) is 4.13. The summed E-state index contributed by atoms with van der Waals surface area (Å²) in [5.41, 5.74) is 1.99. The number of carbonyl (C=O) groups excluding carboxylic acids is 1. The number of rotatable bonds is 7. The second kappa shape index (κ2) is 7.33. The molecule has 0 fully saturated rings. The highest BCUT2D eigenvalue weighted by Crippen LogP contribution is 2.25. The van der Waals surface area contributed by atoms with Gasteiger partial charge >= 0.3 is 0 Å². The number of nitrogens with one attached hydrogen (secondary N) is 2. The lowest BCUT2D eigenvalue weighted by atomic mass is 10.1. The molecule has 0 radical (unpaired) electrons. The van der Waals surface area contributed by atoms with Crippen molar-refractivity contribution < 1.29 is 17.6 Å². The van der Waals surface area contributed by atoms with E-state index < -0.39 is 10.0 Å². The van der Waals surface area contributed by atoms with E-state index in [1.807, 2.05) is 0 Å². The van der Waals surface area contributed by atoms with Crippen molar-refractivity contribution in [3.05, 3.63) is 59.4 Å². The van der Waals surface area contributed by atoms with E-state index in [1.165, 1.54) is 18.2 Å².